The average Bonchev–Trinajstić information content (AvgIpc) is 2.44. The summed E-state index contributed by atoms with van der Waals surface area (Å²) >= 11 is 0. The molecule has 4 nitrogen and oxygen atoms in total. The molecule has 0 saturated heterocycles. The van der Waals surface area contributed by atoms with Gasteiger partial charge in [0, 0.05) is 0 Å². The van der Waals surface area contributed by atoms with Crippen molar-refractivity contribution in [2.75, 3.05) is 26.4 Å². The molecule has 0 radical (unpaired) electrons. The second kappa shape index (κ2) is 9.79. The Balaban J connectivity index is 0.000000321. The van der Waals surface area contributed by atoms with Crippen LogP contribution in [0.3, 0.4) is 0 Å². The monoisotopic (exact) mass is 254 g/mol. The van der Waals surface area contributed by atoms with E-state index in [1.54, 1.807) is 0 Å². The molecule has 0 aliphatic rings. The molecule has 0 aliphatic heterocycles. The zero-order valence-electron chi connectivity index (χ0n) is 10.5. The zero-order valence-corrected chi connectivity index (χ0v) is 10.5. The normalized spacial score (nSPS) is 10.4. The molecule has 4 heteroatoms. The lowest BCUT2D eigenvalue weighted by Crippen LogP contribution is -2.37. The van der Waals surface area contributed by atoms with Crippen LogP contribution in [0.15, 0.2) is 43.0 Å². The molecular formula is C14H22O4. The van der Waals surface area contributed by atoms with E-state index in [-0.39, 0.29) is 0 Å². The molecular weight excluding hydrogens is 232 g/mol. The lowest BCUT2D eigenvalue weighted by molar-refractivity contribution is -0.0328. The Morgan fingerprint density at radius 3 is 1.61 bits per heavy atom. The summed E-state index contributed by atoms with van der Waals surface area (Å²) in [4.78, 5) is 0. The van der Waals surface area contributed by atoms with Crippen LogP contribution in [0.5, 0.6) is 0 Å². The number of aliphatic hydroxyl groups is 4. The van der Waals surface area contributed by atoms with Gasteiger partial charge in [-0.05, 0) is 12.0 Å². The fourth-order valence-corrected chi connectivity index (χ4v) is 1.08. The average molecular weight is 254 g/mol. The Kier molecular flexibility index (Phi) is 9.14. The number of hydrogen-bond donors (Lipinski definition) is 4. The molecule has 0 atom stereocenters. The Bertz CT molecular complexity index is 289. The van der Waals surface area contributed by atoms with Crippen molar-refractivity contribution in [1.29, 1.82) is 0 Å². The third kappa shape index (κ3) is 5.93. The molecule has 0 saturated carbocycles. The van der Waals surface area contributed by atoms with E-state index in [9.17, 15) is 0 Å². The zero-order chi connectivity index (χ0) is 13.9. The van der Waals surface area contributed by atoms with E-state index in [0.717, 1.165) is 6.42 Å². The van der Waals surface area contributed by atoms with E-state index in [4.69, 9.17) is 20.4 Å². The lowest BCUT2D eigenvalue weighted by atomic mass is 9.93. The van der Waals surface area contributed by atoms with Gasteiger partial charge in [0.1, 0.15) is 0 Å². The molecule has 102 valence electrons. The summed E-state index contributed by atoms with van der Waals surface area (Å²) < 4.78 is 0. The molecule has 0 aliphatic carbocycles. The molecule has 18 heavy (non-hydrogen) atoms. The van der Waals surface area contributed by atoms with Gasteiger partial charge in [0.05, 0.1) is 31.8 Å². The van der Waals surface area contributed by atoms with Crippen LogP contribution in [-0.4, -0.2) is 46.9 Å². The molecule has 0 aromatic heterocycles. The molecule has 0 spiro atoms. The molecule has 0 heterocycles. The number of hydrogen-bond acceptors (Lipinski definition) is 4. The smallest absolute Gasteiger partial charge is 0.0627 e. The summed E-state index contributed by atoms with van der Waals surface area (Å²) in [6, 6.07) is 10.3. The molecule has 4 N–H and O–H groups in total. The number of aliphatic hydroxyl groups excluding tert-OH is 4. The Hall–Kier alpha value is -1.20. The van der Waals surface area contributed by atoms with Crippen molar-refractivity contribution in [2.24, 2.45) is 5.41 Å². The summed E-state index contributed by atoms with van der Waals surface area (Å²) in [5, 5.41) is 34.0. The van der Waals surface area contributed by atoms with E-state index in [1.165, 1.54) is 5.56 Å². The minimum atomic E-state index is -1.11. The van der Waals surface area contributed by atoms with E-state index >= 15 is 0 Å². The fourth-order valence-electron chi connectivity index (χ4n) is 1.08. The highest BCUT2D eigenvalue weighted by Gasteiger charge is 2.26. The first-order valence-electron chi connectivity index (χ1n) is 5.76. The van der Waals surface area contributed by atoms with Gasteiger partial charge in [0.15, 0.2) is 0 Å². The number of allylic oxidation sites excluding steroid dienone is 1. The van der Waals surface area contributed by atoms with E-state index < -0.39 is 31.8 Å². The Labute approximate surface area is 108 Å². The van der Waals surface area contributed by atoms with Crippen molar-refractivity contribution in [1.82, 2.24) is 0 Å². The highest BCUT2D eigenvalue weighted by atomic mass is 16.3. The first kappa shape index (κ1) is 16.8. The molecule has 1 rings (SSSR count). The summed E-state index contributed by atoms with van der Waals surface area (Å²) in [6.45, 7) is 2.03. The summed E-state index contributed by atoms with van der Waals surface area (Å²) in [7, 11) is 0. The summed E-state index contributed by atoms with van der Waals surface area (Å²) in [5.41, 5.74) is 0.215. The molecule has 1 aromatic rings. The van der Waals surface area contributed by atoms with Gasteiger partial charge >= 0.3 is 0 Å². The first-order chi connectivity index (χ1) is 8.67. The maximum absolute atomic E-state index is 8.50. The predicted octanol–water partition coefficient (Wildman–Crippen LogP) is 0.357. The van der Waals surface area contributed by atoms with Crippen LogP contribution in [-0.2, 0) is 6.42 Å². The fraction of sp³-hybridized carbons (Fsp3) is 0.429. The first-order valence-corrected chi connectivity index (χ1v) is 5.76. The highest BCUT2D eigenvalue weighted by Crippen LogP contribution is 2.11. The van der Waals surface area contributed by atoms with Crippen LogP contribution in [0.2, 0.25) is 0 Å². The lowest BCUT2D eigenvalue weighted by Gasteiger charge is -2.23. The van der Waals surface area contributed by atoms with Crippen molar-refractivity contribution in [3.8, 4) is 0 Å². The molecule has 0 unspecified atom stereocenters. The standard InChI is InChI=1S/C9H10.C5H12O4/c1-2-6-9-7-4-3-5-8-9;6-1-5(2-7,3-8)4-9/h2-5,7-8H,1,6H2;6-9H,1-4H2. The van der Waals surface area contributed by atoms with Gasteiger partial charge in [-0.25, -0.2) is 0 Å². The molecule has 0 fully saturated rings. The van der Waals surface area contributed by atoms with Gasteiger partial charge in [-0.1, -0.05) is 36.4 Å². The van der Waals surface area contributed by atoms with Crippen LogP contribution in [0.1, 0.15) is 5.56 Å². The number of benzene rings is 1. The van der Waals surface area contributed by atoms with Gasteiger partial charge in [-0.15, -0.1) is 6.58 Å². The van der Waals surface area contributed by atoms with Crippen molar-refractivity contribution in [3.05, 3.63) is 48.6 Å². The summed E-state index contributed by atoms with van der Waals surface area (Å²) in [5.74, 6) is 0. The maximum Gasteiger partial charge on any atom is 0.0627 e. The van der Waals surface area contributed by atoms with Gasteiger partial charge in [-0.2, -0.15) is 0 Å². The molecule has 1 aromatic carbocycles. The van der Waals surface area contributed by atoms with Crippen molar-refractivity contribution in [2.45, 2.75) is 6.42 Å². The van der Waals surface area contributed by atoms with Crippen LogP contribution < -0.4 is 0 Å². The van der Waals surface area contributed by atoms with Crippen LogP contribution in [0.25, 0.3) is 0 Å². The van der Waals surface area contributed by atoms with Crippen molar-refractivity contribution in [3.63, 3.8) is 0 Å². The van der Waals surface area contributed by atoms with Crippen molar-refractivity contribution >= 4 is 0 Å². The maximum atomic E-state index is 8.50. The van der Waals surface area contributed by atoms with Gasteiger partial charge in [-0.3, -0.25) is 0 Å². The highest BCUT2D eigenvalue weighted by molar-refractivity contribution is 5.16. The third-order valence-electron chi connectivity index (χ3n) is 2.56. The number of rotatable bonds is 6. The second-order valence-corrected chi connectivity index (χ2v) is 4.11. The largest absolute Gasteiger partial charge is 0.396 e. The second-order valence-electron chi connectivity index (χ2n) is 4.11. The minimum absolute atomic E-state index is 0.406. The topological polar surface area (TPSA) is 80.9 Å². The SMILES string of the molecule is C=CCc1ccccc1.OCC(CO)(CO)CO. The van der Waals surface area contributed by atoms with Crippen LogP contribution >= 0.6 is 0 Å². The van der Waals surface area contributed by atoms with Gasteiger partial charge < -0.3 is 20.4 Å². The minimum Gasteiger partial charge on any atom is -0.396 e. The summed E-state index contributed by atoms with van der Waals surface area (Å²) in [6.07, 6.45) is 2.89. The predicted molar refractivity (Wildman–Crippen MR) is 71.1 cm³/mol. The quantitative estimate of drug-likeness (QED) is 0.552. The Morgan fingerprint density at radius 2 is 1.33 bits per heavy atom. The molecule has 0 bridgehead atoms. The van der Waals surface area contributed by atoms with E-state index in [0.29, 0.717) is 0 Å². The molecule has 0 amide bonds. The van der Waals surface area contributed by atoms with Crippen LogP contribution in [0, 0.1) is 5.41 Å². The van der Waals surface area contributed by atoms with Crippen molar-refractivity contribution < 1.29 is 20.4 Å². The van der Waals surface area contributed by atoms with Gasteiger partial charge in [0.2, 0.25) is 0 Å². The van der Waals surface area contributed by atoms with E-state index in [1.807, 2.05) is 24.3 Å². The van der Waals surface area contributed by atoms with Gasteiger partial charge in [0.25, 0.3) is 0 Å². The Morgan fingerprint density at radius 1 is 0.889 bits per heavy atom. The van der Waals surface area contributed by atoms with E-state index in [2.05, 4.69) is 18.7 Å². The third-order valence-corrected chi connectivity index (χ3v) is 2.56. The van der Waals surface area contributed by atoms with Crippen LogP contribution in [0.4, 0.5) is 0 Å².